The van der Waals surface area contributed by atoms with Gasteiger partial charge in [0.15, 0.2) is 5.82 Å². The fourth-order valence-electron chi connectivity index (χ4n) is 3.13. The first-order valence-electron chi connectivity index (χ1n) is 7.96. The first-order chi connectivity index (χ1) is 11.3. The molecule has 1 aliphatic rings. The van der Waals surface area contributed by atoms with E-state index in [-0.39, 0.29) is 5.82 Å². The maximum Gasteiger partial charge on any atom is 0.158 e. The molecule has 3 aromatic rings. The molecule has 1 fully saturated rings. The fourth-order valence-corrected chi connectivity index (χ4v) is 3.13. The first-order valence-corrected chi connectivity index (χ1v) is 7.96. The van der Waals surface area contributed by atoms with Gasteiger partial charge in [0.05, 0.1) is 0 Å². The second kappa shape index (κ2) is 6.08. The number of para-hydroxylation sites is 1. The summed E-state index contributed by atoms with van der Waals surface area (Å²) in [7, 11) is 0. The molecule has 1 saturated heterocycles. The molecule has 1 aliphatic heterocycles. The van der Waals surface area contributed by atoms with Crippen LogP contribution in [0.2, 0.25) is 0 Å². The van der Waals surface area contributed by atoms with E-state index in [2.05, 4.69) is 14.5 Å². The Balaban J connectivity index is 1.68. The topological polar surface area (TPSA) is 39.9 Å². The lowest BCUT2D eigenvalue weighted by Gasteiger charge is -2.23. The molecule has 0 atom stereocenters. The molecular weight excluding hydrogens is 293 g/mol. The molecular formula is C18H18FN3O. The Labute approximate surface area is 133 Å². The van der Waals surface area contributed by atoms with Crippen LogP contribution in [0.15, 0.2) is 42.7 Å². The number of rotatable bonds is 3. The molecule has 3 heterocycles. The Morgan fingerprint density at radius 2 is 2.04 bits per heavy atom. The number of benzene rings is 1. The average molecular weight is 311 g/mol. The van der Waals surface area contributed by atoms with Crippen molar-refractivity contribution in [1.29, 1.82) is 0 Å². The SMILES string of the molecule is Fc1cccc2ccc(-c3nccn3CC3CCOCC3)nc12. The summed E-state index contributed by atoms with van der Waals surface area (Å²) in [5.74, 6) is 1.09. The predicted molar refractivity (Wildman–Crippen MR) is 86.5 cm³/mol. The molecule has 0 saturated carbocycles. The number of fused-ring (bicyclic) bond motifs is 1. The van der Waals surface area contributed by atoms with Crippen LogP contribution in [0, 0.1) is 11.7 Å². The number of pyridine rings is 1. The number of ether oxygens (including phenoxy) is 1. The van der Waals surface area contributed by atoms with E-state index in [1.54, 1.807) is 12.3 Å². The molecule has 4 nitrogen and oxygen atoms in total. The van der Waals surface area contributed by atoms with E-state index in [0.29, 0.717) is 17.1 Å². The van der Waals surface area contributed by atoms with Gasteiger partial charge in [0.25, 0.3) is 0 Å². The van der Waals surface area contributed by atoms with Gasteiger partial charge in [-0.15, -0.1) is 0 Å². The van der Waals surface area contributed by atoms with Gasteiger partial charge in [-0.1, -0.05) is 18.2 Å². The van der Waals surface area contributed by atoms with Crippen molar-refractivity contribution in [3.8, 4) is 11.5 Å². The second-order valence-electron chi connectivity index (χ2n) is 5.97. The summed E-state index contributed by atoms with van der Waals surface area (Å²) in [6, 6.07) is 8.81. The van der Waals surface area contributed by atoms with Gasteiger partial charge in [-0.2, -0.15) is 0 Å². The van der Waals surface area contributed by atoms with Gasteiger partial charge < -0.3 is 9.30 Å². The first kappa shape index (κ1) is 14.3. The van der Waals surface area contributed by atoms with Crippen LogP contribution in [0.4, 0.5) is 4.39 Å². The summed E-state index contributed by atoms with van der Waals surface area (Å²) in [6.45, 7) is 2.55. The van der Waals surface area contributed by atoms with Crippen LogP contribution in [0.1, 0.15) is 12.8 Å². The third-order valence-corrected chi connectivity index (χ3v) is 4.41. The maximum absolute atomic E-state index is 14.0. The van der Waals surface area contributed by atoms with Crippen LogP contribution in [0.25, 0.3) is 22.4 Å². The normalized spacial score (nSPS) is 16.0. The summed E-state index contributed by atoms with van der Waals surface area (Å²) in [6.07, 6.45) is 5.88. The van der Waals surface area contributed by atoms with Crippen LogP contribution in [0.5, 0.6) is 0 Å². The molecule has 0 spiro atoms. The number of hydrogen-bond donors (Lipinski definition) is 0. The van der Waals surface area contributed by atoms with Gasteiger partial charge in [-0.05, 0) is 30.9 Å². The average Bonchev–Trinajstić information content (AvgIpc) is 3.04. The number of hydrogen-bond acceptors (Lipinski definition) is 3. The molecule has 0 amide bonds. The van der Waals surface area contributed by atoms with Gasteiger partial charge in [0.2, 0.25) is 0 Å². The zero-order chi connectivity index (χ0) is 15.6. The Kier molecular flexibility index (Phi) is 3.79. The molecule has 2 aromatic heterocycles. The van der Waals surface area contributed by atoms with Crippen molar-refractivity contribution in [3.63, 3.8) is 0 Å². The molecule has 0 unspecified atom stereocenters. The highest BCUT2D eigenvalue weighted by molar-refractivity contribution is 5.81. The fraction of sp³-hybridized carbons (Fsp3) is 0.333. The predicted octanol–water partition coefficient (Wildman–Crippen LogP) is 3.66. The van der Waals surface area contributed by atoms with E-state index in [9.17, 15) is 4.39 Å². The van der Waals surface area contributed by atoms with Crippen molar-refractivity contribution in [3.05, 3.63) is 48.5 Å². The molecule has 0 bridgehead atoms. The molecule has 4 rings (SSSR count). The van der Waals surface area contributed by atoms with Crippen molar-refractivity contribution in [2.75, 3.05) is 13.2 Å². The van der Waals surface area contributed by atoms with Crippen molar-refractivity contribution in [2.45, 2.75) is 19.4 Å². The monoisotopic (exact) mass is 311 g/mol. The number of imidazole rings is 1. The van der Waals surface area contributed by atoms with Crippen LogP contribution >= 0.6 is 0 Å². The lowest BCUT2D eigenvalue weighted by atomic mass is 10.0. The highest BCUT2D eigenvalue weighted by Crippen LogP contribution is 2.24. The van der Waals surface area contributed by atoms with E-state index in [1.807, 2.05) is 24.4 Å². The number of aromatic nitrogens is 3. The molecule has 0 N–H and O–H groups in total. The van der Waals surface area contributed by atoms with Gasteiger partial charge in [-0.3, -0.25) is 0 Å². The van der Waals surface area contributed by atoms with Crippen molar-refractivity contribution >= 4 is 10.9 Å². The molecule has 0 aliphatic carbocycles. The Hall–Kier alpha value is -2.27. The highest BCUT2D eigenvalue weighted by atomic mass is 19.1. The molecule has 1 aromatic carbocycles. The van der Waals surface area contributed by atoms with Gasteiger partial charge >= 0.3 is 0 Å². The minimum Gasteiger partial charge on any atom is -0.381 e. The van der Waals surface area contributed by atoms with E-state index in [4.69, 9.17) is 4.74 Å². The van der Waals surface area contributed by atoms with E-state index >= 15 is 0 Å². The summed E-state index contributed by atoms with van der Waals surface area (Å²) < 4.78 is 21.5. The summed E-state index contributed by atoms with van der Waals surface area (Å²) in [5, 5.41) is 0.802. The van der Waals surface area contributed by atoms with E-state index < -0.39 is 0 Å². The third kappa shape index (κ3) is 2.84. The molecule has 23 heavy (non-hydrogen) atoms. The zero-order valence-corrected chi connectivity index (χ0v) is 12.8. The van der Waals surface area contributed by atoms with Crippen LogP contribution in [-0.4, -0.2) is 27.7 Å². The Bertz CT molecular complexity index is 824. The van der Waals surface area contributed by atoms with Crippen molar-refractivity contribution < 1.29 is 9.13 Å². The minimum absolute atomic E-state index is 0.299. The maximum atomic E-state index is 14.0. The lowest BCUT2D eigenvalue weighted by Crippen LogP contribution is -2.20. The largest absolute Gasteiger partial charge is 0.381 e. The van der Waals surface area contributed by atoms with Gasteiger partial charge in [-0.25, -0.2) is 14.4 Å². The molecule has 5 heteroatoms. The van der Waals surface area contributed by atoms with E-state index in [0.717, 1.165) is 43.8 Å². The zero-order valence-electron chi connectivity index (χ0n) is 12.8. The van der Waals surface area contributed by atoms with Crippen LogP contribution in [0.3, 0.4) is 0 Å². The summed E-state index contributed by atoms with van der Waals surface area (Å²) in [5.41, 5.74) is 1.10. The second-order valence-corrected chi connectivity index (χ2v) is 5.97. The van der Waals surface area contributed by atoms with Crippen molar-refractivity contribution in [2.24, 2.45) is 5.92 Å². The highest BCUT2D eigenvalue weighted by Gasteiger charge is 2.17. The smallest absolute Gasteiger partial charge is 0.158 e. The number of halogens is 1. The van der Waals surface area contributed by atoms with Gasteiger partial charge in [0.1, 0.15) is 17.0 Å². The quantitative estimate of drug-likeness (QED) is 0.741. The molecule has 0 radical (unpaired) electrons. The molecule has 118 valence electrons. The van der Waals surface area contributed by atoms with Gasteiger partial charge in [0, 0.05) is 37.5 Å². The van der Waals surface area contributed by atoms with Crippen LogP contribution in [-0.2, 0) is 11.3 Å². The standard InChI is InChI=1S/C18H18FN3O/c19-15-3-1-2-14-4-5-16(21-17(14)15)18-20-8-9-22(18)12-13-6-10-23-11-7-13/h1-5,8-9,13H,6-7,10-12H2. The van der Waals surface area contributed by atoms with E-state index in [1.165, 1.54) is 6.07 Å². The Morgan fingerprint density at radius 3 is 2.91 bits per heavy atom. The van der Waals surface area contributed by atoms with Crippen molar-refractivity contribution in [1.82, 2.24) is 14.5 Å². The third-order valence-electron chi connectivity index (χ3n) is 4.41. The lowest BCUT2D eigenvalue weighted by molar-refractivity contribution is 0.0614. The summed E-state index contributed by atoms with van der Waals surface area (Å²) in [4.78, 5) is 8.92. The Morgan fingerprint density at radius 1 is 1.17 bits per heavy atom. The minimum atomic E-state index is -0.299. The number of nitrogens with zero attached hydrogens (tertiary/aromatic N) is 3. The van der Waals surface area contributed by atoms with Crippen LogP contribution < -0.4 is 0 Å². The summed E-state index contributed by atoms with van der Waals surface area (Å²) >= 11 is 0.